The van der Waals surface area contributed by atoms with Crippen molar-refractivity contribution in [1.29, 1.82) is 0 Å². The van der Waals surface area contributed by atoms with Crippen LogP contribution < -0.4 is 25.4 Å². The largest absolute Gasteiger partial charge is 0.341 e. The standard InChI is InChI=1S/C19H27N5O3/c1-5-11(2)16(25)22-15-12(3)23-8-6-7-13-9-14(10-21-19(27)20-4)24(17(13)23)18(15)26/h6-8,11-12,14-15H,5,9-10H2,1-4H3,(H2-,20,21,22,25,27)/p+1/t11-,12?,14+,15+/m1/s1. The summed E-state index contributed by atoms with van der Waals surface area (Å²) in [6.07, 6.45) is 3.34. The van der Waals surface area contributed by atoms with E-state index in [1.165, 1.54) is 0 Å². The molecule has 27 heavy (non-hydrogen) atoms. The number of amides is 4. The van der Waals surface area contributed by atoms with Crippen molar-refractivity contribution in [1.82, 2.24) is 16.0 Å². The first kappa shape index (κ1) is 19.1. The van der Waals surface area contributed by atoms with Gasteiger partial charge in [-0.3, -0.25) is 4.79 Å². The molecule has 8 heteroatoms. The van der Waals surface area contributed by atoms with Gasteiger partial charge < -0.3 is 16.0 Å². The lowest BCUT2D eigenvalue weighted by molar-refractivity contribution is -0.711. The van der Waals surface area contributed by atoms with Crippen LogP contribution in [0.3, 0.4) is 0 Å². The Morgan fingerprint density at radius 3 is 2.81 bits per heavy atom. The summed E-state index contributed by atoms with van der Waals surface area (Å²) in [5, 5.41) is 8.26. The van der Waals surface area contributed by atoms with E-state index in [0.717, 1.165) is 17.8 Å². The molecule has 3 heterocycles. The molecule has 8 nitrogen and oxygen atoms in total. The molecule has 0 fully saturated rings. The van der Waals surface area contributed by atoms with Crippen LogP contribution in [-0.4, -0.2) is 43.5 Å². The van der Waals surface area contributed by atoms with Gasteiger partial charge in [-0.15, -0.1) is 0 Å². The van der Waals surface area contributed by atoms with Gasteiger partial charge in [0, 0.05) is 24.9 Å². The van der Waals surface area contributed by atoms with Crippen LogP contribution in [-0.2, 0) is 16.0 Å². The average molecular weight is 374 g/mol. The minimum atomic E-state index is -0.625. The number of hydrogen-bond acceptors (Lipinski definition) is 3. The fraction of sp³-hybridized carbons (Fsp3) is 0.579. The Hall–Kier alpha value is -2.64. The van der Waals surface area contributed by atoms with Crippen LogP contribution in [0.2, 0.25) is 0 Å². The molecule has 4 amide bonds. The maximum absolute atomic E-state index is 13.3. The van der Waals surface area contributed by atoms with Gasteiger partial charge >= 0.3 is 11.9 Å². The van der Waals surface area contributed by atoms with Crippen molar-refractivity contribution in [3.63, 3.8) is 0 Å². The molecule has 2 aliphatic heterocycles. The molecule has 3 N–H and O–H groups in total. The minimum absolute atomic E-state index is 0.109. The van der Waals surface area contributed by atoms with Gasteiger partial charge in [0.25, 0.3) is 5.82 Å². The van der Waals surface area contributed by atoms with Crippen molar-refractivity contribution in [2.75, 3.05) is 18.5 Å². The van der Waals surface area contributed by atoms with Crippen molar-refractivity contribution in [2.45, 2.75) is 51.7 Å². The molecule has 4 atom stereocenters. The van der Waals surface area contributed by atoms with E-state index in [0.29, 0.717) is 13.0 Å². The predicted octanol–water partition coefficient (Wildman–Crippen LogP) is 0.266. The van der Waals surface area contributed by atoms with E-state index in [4.69, 9.17) is 0 Å². The van der Waals surface area contributed by atoms with Gasteiger partial charge in [0.15, 0.2) is 6.04 Å². The molecule has 0 spiro atoms. The summed E-state index contributed by atoms with van der Waals surface area (Å²) < 4.78 is 2.05. The van der Waals surface area contributed by atoms with Crippen molar-refractivity contribution >= 4 is 23.7 Å². The van der Waals surface area contributed by atoms with Gasteiger partial charge in [-0.1, -0.05) is 13.8 Å². The van der Waals surface area contributed by atoms with Crippen LogP contribution in [0.15, 0.2) is 18.3 Å². The Labute approximate surface area is 159 Å². The van der Waals surface area contributed by atoms with Crippen LogP contribution in [0, 0.1) is 5.92 Å². The summed E-state index contributed by atoms with van der Waals surface area (Å²) in [4.78, 5) is 39.1. The van der Waals surface area contributed by atoms with Crippen molar-refractivity contribution in [2.24, 2.45) is 5.92 Å². The molecule has 0 aliphatic carbocycles. The van der Waals surface area contributed by atoms with E-state index < -0.39 is 6.04 Å². The quantitative estimate of drug-likeness (QED) is 0.646. The molecule has 0 saturated carbocycles. The molecule has 0 radical (unpaired) electrons. The molecule has 0 saturated heterocycles. The molecule has 3 rings (SSSR count). The fourth-order valence-electron chi connectivity index (χ4n) is 3.77. The zero-order valence-corrected chi connectivity index (χ0v) is 16.3. The third kappa shape index (κ3) is 3.36. The molecule has 146 valence electrons. The molecule has 1 unspecified atom stereocenters. The Morgan fingerprint density at radius 1 is 1.41 bits per heavy atom. The van der Waals surface area contributed by atoms with Crippen molar-refractivity contribution in [3.05, 3.63) is 23.9 Å². The first-order chi connectivity index (χ1) is 12.9. The van der Waals surface area contributed by atoms with E-state index in [1.54, 1.807) is 11.9 Å². The zero-order valence-electron chi connectivity index (χ0n) is 16.3. The minimum Gasteiger partial charge on any atom is -0.341 e. The first-order valence-electron chi connectivity index (χ1n) is 9.51. The van der Waals surface area contributed by atoms with Gasteiger partial charge in [0.2, 0.25) is 5.91 Å². The predicted molar refractivity (Wildman–Crippen MR) is 100 cm³/mol. The lowest BCUT2D eigenvalue weighted by Crippen LogP contribution is -2.67. The third-order valence-electron chi connectivity index (χ3n) is 5.63. The van der Waals surface area contributed by atoms with E-state index in [1.807, 2.05) is 39.1 Å². The topological polar surface area (TPSA) is 94.4 Å². The summed E-state index contributed by atoms with van der Waals surface area (Å²) >= 11 is 0. The first-order valence-corrected chi connectivity index (χ1v) is 9.51. The Kier molecular flexibility index (Phi) is 5.34. The van der Waals surface area contributed by atoms with Crippen LogP contribution in [0.1, 0.15) is 38.8 Å². The van der Waals surface area contributed by atoms with E-state index >= 15 is 0 Å². The fourth-order valence-corrected chi connectivity index (χ4v) is 3.77. The van der Waals surface area contributed by atoms with Crippen LogP contribution in [0.25, 0.3) is 0 Å². The summed E-state index contributed by atoms with van der Waals surface area (Å²) in [7, 11) is 1.56. The van der Waals surface area contributed by atoms with Crippen molar-refractivity contribution in [3.8, 4) is 0 Å². The number of carbonyl (C=O) groups is 3. The highest BCUT2D eigenvalue weighted by molar-refractivity contribution is 6.01. The van der Waals surface area contributed by atoms with Crippen LogP contribution in [0.5, 0.6) is 0 Å². The van der Waals surface area contributed by atoms with Gasteiger partial charge in [-0.25, -0.2) is 14.2 Å². The number of rotatable bonds is 5. The zero-order chi connectivity index (χ0) is 19.7. The molecule has 2 aliphatic rings. The highest BCUT2D eigenvalue weighted by atomic mass is 16.2. The smallest absolute Gasteiger partial charge is 0.336 e. The SMILES string of the molecule is CC[C@@H](C)C(=O)N[C@@H]1C(=O)N2c3c(ccc[n+]3C1C)C[C@H]2CNC(=O)NC. The number of nitrogens with one attached hydrogen (secondary N) is 3. The number of pyridine rings is 1. The van der Waals surface area contributed by atoms with E-state index in [-0.39, 0.29) is 35.8 Å². The van der Waals surface area contributed by atoms with Gasteiger partial charge in [0.05, 0.1) is 12.7 Å². The van der Waals surface area contributed by atoms with Crippen LogP contribution >= 0.6 is 0 Å². The molecule has 0 bridgehead atoms. The van der Waals surface area contributed by atoms with Crippen molar-refractivity contribution < 1.29 is 19.0 Å². The second kappa shape index (κ2) is 7.54. The van der Waals surface area contributed by atoms with E-state index in [2.05, 4.69) is 20.5 Å². The number of urea groups is 1. The second-order valence-electron chi connectivity index (χ2n) is 7.33. The Balaban J connectivity index is 1.90. The van der Waals surface area contributed by atoms with Gasteiger partial charge in [-0.05, 0) is 25.5 Å². The monoisotopic (exact) mass is 374 g/mol. The second-order valence-corrected chi connectivity index (χ2v) is 7.33. The third-order valence-corrected chi connectivity index (χ3v) is 5.63. The van der Waals surface area contributed by atoms with Crippen LogP contribution in [0.4, 0.5) is 10.6 Å². The maximum atomic E-state index is 13.3. The summed E-state index contributed by atoms with van der Waals surface area (Å²) in [6, 6.07) is 2.72. The van der Waals surface area contributed by atoms with Gasteiger partial charge in [0.1, 0.15) is 12.1 Å². The number of anilines is 1. The average Bonchev–Trinajstić information content (AvgIpc) is 3.05. The molecule has 0 aromatic carbocycles. The highest BCUT2D eigenvalue weighted by Gasteiger charge is 2.53. The molecular weight excluding hydrogens is 346 g/mol. The summed E-state index contributed by atoms with van der Waals surface area (Å²) in [5.41, 5.74) is 1.08. The summed E-state index contributed by atoms with van der Waals surface area (Å²) in [6.45, 7) is 6.11. The highest BCUT2D eigenvalue weighted by Crippen LogP contribution is 2.34. The number of aromatic nitrogens is 1. The van der Waals surface area contributed by atoms with Gasteiger partial charge in [-0.2, -0.15) is 4.90 Å². The Morgan fingerprint density at radius 2 is 2.15 bits per heavy atom. The Bertz CT molecular complexity index is 766. The summed E-state index contributed by atoms with van der Waals surface area (Å²) in [5.74, 6) is 0.495. The number of hydrogen-bond donors (Lipinski definition) is 3. The molecular formula is C19H28N5O3+. The maximum Gasteiger partial charge on any atom is 0.336 e. The lowest BCUT2D eigenvalue weighted by atomic mass is 10.0. The normalized spacial score (nSPS) is 24.2. The number of nitrogens with zero attached hydrogens (tertiary/aromatic N) is 2. The lowest BCUT2D eigenvalue weighted by Gasteiger charge is -2.33. The van der Waals surface area contributed by atoms with E-state index in [9.17, 15) is 14.4 Å². The molecule has 1 aromatic heterocycles. The molecule has 1 aromatic rings. The number of carbonyl (C=O) groups excluding carboxylic acids is 3.